The molecular formula is C19H20N2O4. The summed E-state index contributed by atoms with van der Waals surface area (Å²) in [4.78, 5) is 14.2. The molecule has 6 nitrogen and oxygen atoms in total. The molecule has 1 fully saturated rings. The number of ether oxygens (including phenoxy) is 3. The Balaban J connectivity index is 1.91. The van der Waals surface area contributed by atoms with Crippen LogP contribution >= 0.6 is 0 Å². The van der Waals surface area contributed by atoms with Crippen molar-refractivity contribution >= 4 is 12.0 Å². The van der Waals surface area contributed by atoms with E-state index in [-0.39, 0.29) is 17.6 Å². The highest BCUT2D eigenvalue weighted by Gasteiger charge is 2.24. The van der Waals surface area contributed by atoms with Crippen LogP contribution in [0.25, 0.3) is 6.08 Å². The highest BCUT2D eigenvalue weighted by atomic mass is 16.5. The second kappa shape index (κ2) is 7.41. The van der Waals surface area contributed by atoms with Crippen LogP contribution in [0.2, 0.25) is 0 Å². The number of hydrogen-bond donors (Lipinski definition) is 0. The summed E-state index contributed by atoms with van der Waals surface area (Å²) in [6.45, 7) is 3.89. The number of morpholine rings is 1. The van der Waals surface area contributed by atoms with E-state index in [0.717, 1.165) is 11.1 Å². The van der Waals surface area contributed by atoms with E-state index in [2.05, 4.69) is 0 Å². The van der Waals surface area contributed by atoms with Crippen LogP contribution in [0, 0.1) is 11.3 Å². The van der Waals surface area contributed by atoms with Gasteiger partial charge < -0.3 is 19.1 Å². The standard InChI is InChI=1S/C19H20N2O4/c1-13-15(10-14-4-3-5-17(23-2)18(14)25-13)11-16(12-20)19(22)21-6-8-24-9-7-21/h3-5,10-11,13H,6-9H2,1-2H3/b16-11-. The Morgan fingerprint density at radius 1 is 1.40 bits per heavy atom. The fourth-order valence-corrected chi connectivity index (χ4v) is 2.88. The lowest BCUT2D eigenvalue weighted by atomic mass is 9.99. The molecule has 0 saturated carbocycles. The van der Waals surface area contributed by atoms with Gasteiger partial charge in [-0.2, -0.15) is 5.26 Å². The van der Waals surface area contributed by atoms with E-state index < -0.39 is 0 Å². The lowest BCUT2D eigenvalue weighted by Crippen LogP contribution is -2.41. The Hall–Kier alpha value is -2.78. The van der Waals surface area contributed by atoms with Crippen LogP contribution in [0.15, 0.2) is 35.4 Å². The molecule has 2 aliphatic heterocycles. The van der Waals surface area contributed by atoms with Crippen LogP contribution in [0.1, 0.15) is 12.5 Å². The Morgan fingerprint density at radius 2 is 2.16 bits per heavy atom. The lowest BCUT2D eigenvalue weighted by Gasteiger charge is -2.27. The molecule has 0 N–H and O–H groups in total. The summed E-state index contributed by atoms with van der Waals surface area (Å²) in [5.41, 5.74) is 1.74. The van der Waals surface area contributed by atoms with Crippen LogP contribution in [0.3, 0.4) is 0 Å². The molecule has 1 aromatic rings. The van der Waals surface area contributed by atoms with Crippen molar-refractivity contribution in [2.24, 2.45) is 0 Å². The maximum Gasteiger partial charge on any atom is 0.264 e. The minimum Gasteiger partial charge on any atom is -0.493 e. The van der Waals surface area contributed by atoms with Gasteiger partial charge in [0.25, 0.3) is 5.91 Å². The number of benzene rings is 1. The van der Waals surface area contributed by atoms with Crippen molar-refractivity contribution in [2.45, 2.75) is 13.0 Å². The van der Waals surface area contributed by atoms with Gasteiger partial charge in [-0.3, -0.25) is 4.79 Å². The molecule has 3 rings (SSSR count). The zero-order valence-corrected chi connectivity index (χ0v) is 14.3. The van der Waals surface area contributed by atoms with Gasteiger partial charge in [-0.25, -0.2) is 0 Å². The number of para-hydroxylation sites is 1. The van der Waals surface area contributed by atoms with Gasteiger partial charge in [-0.1, -0.05) is 12.1 Å². The van der Waals surface area contributed by atoms with Crippen molar-refractivity contribution in [2.75, 3.05) is 33.4 Å². The van der Waals surface area contributed by atoms with Crippen LogP contribution in [-0.4, -0.2) is 50.3 Å². The first-order valence-corrected chi connectivity index (χ1v) is 8.18. The number of carbonyl (C=O) groups excluding carboxylic acids is 1. The third kappa shape index (κ3) is 3.52. The predicted molar refractivity (Wildman–Crippen MR) is 92.2 cm³/mol. The second-order valence-electron chi connectivity index (χ2n) is 5.86. The van der Waals surface area contributed by atoms with E-state index in [4.69, 9.17) is 14.2 Å². The van der Waals surface area contributed by atoms with E-state index in [1.807, 2.05) is 37.3 Å². The van der Waals surface area contributed by atoms with Gasteiger partial charge in [0.05, 0.1) is 20.3 Å². The molecule has 1 saturated heterocycles. The Bertz CT molecular complexity index is 770. The largest absolute Gasteiger partial charge is 0.493 e. The van der Waals surface area contributed by atoms with Crippen LogP contribution in [0.4, 0.5) is 0 Å². The molecule has 1 atom stereocenters. The van der Waals surface area contributed by atoms with E-state index in [0.29, 0.717) is 37.8 Å². The van der Waals surface area contributed by atoms with Gasteiger partial charge in [0.15, 0.2) is 11.5 Å². The van der Waals surface area contributed by atoms with Gasteiger partial charge in [0.2, 0.25) is 0 Å². The molecule has 2 aliphatic rings. The Labute approximate surface area is 146 Å². The molecule has 1 aromatic carbocycles. The quantitative estimate of drug-likeness (QED) is 0.623. The zero-order valence-electron chi connectivity index (χ0n) is 14.3. The highest BCUT2D eigenvalue weighted by Crippen LogP contribution is 2.38. The number of nitriles is 1. The number of carbonyl (C=O) groups is 1. The normalized spacial score (nSPS) is 20.0. The highest BCUT2D eigenvalue weighted by molar-refractivity contribution is 5.98. The van der Waals surface area contributed by atoms with Crippen molar-refractivity contribution < 1.29 is 19.0 Å². The number of fused-ring (bicyclic) bond motifs is 1. The summed E-state index contributed by atoms with van der Waals surface area (Å²) in [5.74, 6) is 1.07. The molecule has 0 bridgehead atoms. The van der Waals surface area contributed by atoms with Crippen molar-refractivity contribution in [3.05, 3.63) is 41.0 Å². The summed E-state index contributed by atoms with van der Waals surface area (Å²) in [6.07, 6.45) is 3.26. The topological polar surface area (TPSA) is 71.8 Å². The number of nitrogens with zero attached hydrogens (tertiary/aromatic N) is 2. The van der Waals surface area contributed by atoms with E-state index in [1.54, 1.807) is 18.1 Å². The molecule has 130 valence electrons. The molecule has 6 heteroatoms. The fraction of sp³-hybridized carbons (Fsp3) is 0.368. The third-order valence-corrected chi connectivity index (χ3v) is 4.28. The average Bonchev–Trinajstić information content (AvgIpc) is 2.66. The molecule has 0 radical (unpaired) electrons. The van der Waals surface area contributed by atoms with Gasteiger partial charge in [-0.05, 0) is 30.7 Å². The molecule has 1 unspecified atom stereocenters. The van der Waals surface area contributed by atoms with Crippen LogP contribution in [-0.2, 0) is 9.53 Å². The predicted octanol–water partition coefficient (Wildman–Crippen LogP) is 2.17. The SMILES string of the molecule is COc1cccc2c1OC(C)C(/C=C(/C#N)C(=O)N1CCOCC1)=C2. The number of methoxy groups -OCH3 is 1. The first-order chi connectivity index (χ1) is 12.1. The maximum absolute atomic E-state index is 12.5. The Morgan fingerprint density at radius 3 is 2.84 bits per heavy atom. The maximum atomic E-state index is 12.5. The summed E-state index contributed by atoms with van der Waals surface area (Å²) < 4.78 is 16.5. The zero-order chi connectivity index (χ0) is 17.8. The Kier molecular flexibility index (Phi) is 5.05. The average molecular weight is 340 g/mol. The van der Waals surface area contributed by atoms with E-state index in [1.165, 1.54) is 0 Å². The molecule has 2 heterocycles. The molecule has 0 aliphatic carbocycles. The van der Waals surface area contributed by atoms with Gasteiger partial charge in [0.1, 0.15) is 17.7 Å². The van der Waals surface area contributed by atoms with Crippen LogP contribution in [0.5, 0.6) is 11.5 Å². The minimum atomic E-state index is -0.287. The number of rotatable bonds is 3. The summed E-state index contributed by atoms with van der Waals surface area (Å²) in [6, 6.07) is 7.64. The molecule has 0 aromatic heterocycles. The summed E-state index contributed by atoms with van der Waals surface area (Å²) >= 11 is 0. The van der Waals surface area contributed by atoms with E-state index >= 15 is 0 Å². The third-order valence-electron chi connectivity index (χ3n) is 4.28. The molecule has 25 heavy (non-hydrogen) atoms. The lowest BCUT2D eigenvalue weighted by molar-refractivity contribution is -0.130. The van der Waals surface area contributed by atoms with Crippen molar-refractivity contribution in [3.63, 3.8) is 0 Å². The molecule has 1 amide bonds. The minimum absolute atomic E-state index is 0.106. The smallest absolute Gasteiger partial charge is 0.264 e. The van der Waals surface area contributed by atoms with Crippen LogP contribution < -0.4 is 9.47 Å². The van der Waals surface area contributed by atoms with Gasteiger partial charge in [0, 0.05) is 18.7 Å². The van der Waals surface area contributed by atoms with Gasteiger partial charge in [-0.15, -0.1) is 0 Å². The van der Waals surface area contributed by atoms with Crippen molar-refractivity contribution in [1.82, 2.24) is 4.90 Å². The number of amides is 1. The van der Waals surface area contributed by atoms with Gasteiger partial charge >= 0.3 is 0 Å². The second-order valence-corrected chi connectivity index (χ2v) is 5.86. The number of hydrogen-bond acceptors (Lipinski definition) is 5. The molecule has 0 spiro atoms. The van der Waals surface area contributed by atoms with Crippen molar-refractivity contribution in [1.29, 1.82) is 5.26 Å². The first kappa shape index (κ1) is 17.1. The summed E-state index contributed by atoms with van der Waals surface area (Å²) in [5, 5.41) is 9.44. The summed E-state index contributed by atoms with van der Waals surface area (Å²) in [7, 11) is 1.59. The molecular weight excluding hydrogens is 320 g/mol. The first-order valence-electron chi connectivity index (χ1n) is 8.18. The fourth-order valence-electron chi connectivity index (χ4n) is 2.88. The monoisotopic (exact) mass is 340 g/mol. The van der Waals surface area contributed by atoms with Crippen molar-refractivity contribution in [3.8, 4) is 17.6 Å². The van der Waals surface area contributed by atoms with E-state index in [9.17, 15) is 10.1 Å².